The highest BCUT2D eigenvalue weighted by Crippen LogP contribution is 2.36. The van der Waals surface area contributed by atoms with Gasteiger partial charge in [0.2, 0.25) is 0 Å². The lowest BCUT2D eigenvalue weighted by Gasteiger charge is -2.23. The molecule has 0 unspecified atom stereocenters. The molecule has 0 fully saturated rings. The van der Waals surface area contributed by atoms with Crippen LogP contribution in [0.5, 0.6) is 5.75 Å². The Morgan fingerprint density at radius 2 is 1.72 bits per heavy atom. The highest BCUT2D eigenvalue weighted by Gasteiger charge is 2.59. The first-order valence-electron chi connectivity index (χ1n) is 4.50. The number of rotatable bonds is 3. The Balaban J connectivity index is 2.97. The SMILES string of the molecule is OCc1cc(OC(C(F)(F)F)C(F)(F)F)ccn1. The molecule has 0 amide bonds. The summed E-state index contributed by atoms with van der Waals surface area (Å²) in [4.78, 5) is 3.50. The number of halogens is 6. The van der Waals surface area contributed by atoms with Gasteiger partial charge in [-0.3, -0.25) is 4.98 Å². The first-order valence-corrected chi connectivity index (χ1v) is 4.50. The zero-order valence-electron chi connectivity index (χ0n) is 8.59. The highest BCUT2D eigenvalue weighted by molar-refractivity contribution is 5.22. The summed E-state index contributed by atoms with van der Waals surface area (Å²) in [6.45, 7) is -0.625. The zero-order valence-corrected chi connectivity index (χ0v) is 8.59. The molecule has 0 bridgehead atoms. The second kappa shape index (κ2) is 5.01. The van der Waals surface area contributed by atoms with Gasteiger partial charge in [0.25, 0.3) is 6.10 Å². The second-order valence-electron chi connectivity index (χ2n) is 3.22. The molecule has 0 aromatic carbocycles. The van der Waals surface area contributed by atoms with E-state index in [-0.39, 0.29) is 5.69 Å². The van der Waals surface area contributed by atoms with Gasteiger partial charge in [-0.05, 0) is 6.07 Å². The zero-order chi connectivity index (χ0) is 14.0. The van der Waals surface area contributed by atoms with E-state index in [1.54, 1.807) is 0 Å². The molecule has 1 heterocycles. The average Bonchev–Trinajstić information content (AvgIpc) is 2.23. The van der Waals surface area contributed by atoms with Crippen LogP contribution in [-0.2, 0) is 6.61 Å². The number of ether oxygens (including phenoxy) is 1. The van der Waals surface area contributed by atoms with Gasteiger partial charge in [0.15, 0.2) is 0 Å². The van der Waals surface area contributed by atoms with Gasteiger partial charge in [-0.15, -0.1) is 0 Å². The van der Waals surface area contributed by atoms with Crippen molar-refractivity contribution in [3.8, 4) is 5.75 Å². The van der Waals surface area contributed by atoms with Crippen molar-refractivity contribution in [1.82, 2.24) is 4.98 Å². The van der Waals surface area contributed by atoms with E-state index in [1.165, 1.54) is 0 Å². The van der Waals surface area contributed by atoms with E-state index in [1.807, 2.05) is 0 Å². The van der Waals surface area contributed by atoms with Crippen molar-refractivity contribution in [3.63, 3.8) is 0 Å². The standard InChI is InChI=1S/C9H7F6NO2/c10-8(11,12)7(9(13,14)15)18-6-1-2-16-5(3-6)4-17/h1-3,7,17H,4H2. The Morgan fingerprint density at radius 1 is 1.17 bits per heavy atom. The first-order chi connectivity index (χ1) is 8.14. The number of nitrogens with zero attached hydrogens (tertiary/aromatic N) is 1. The lowest BCUT2D eigenvalue weighted by Crippen LogP contribution is -2.46. The molecule has 0 saturated heterocycles. The molecule has 0 aliphatic carbocycles. The smallest absolute Gasteiger partial charge is 0.434 e. The topological polar surface area (TPSA) is 42.4 Å². The molecule has 0 saturated carbocycles. The molecule has 0 aliphatic rings. The number of aliphatic hydroxyl groups excluding tert-OH is 1. The summed E-state index contributed by atoms with van der Waals surface area (Å²) in [7, 11) is 0. The third-order valence-electron chi connectivity index (χ3n) is 1.80. The first kappa shape index (κ1) is 14.6. The summed E-state index contributed by atoms with van der Waals surface area (Å²) in [5, 5.41) is 8.65. The monoisotopic (exact) mass is 275 g/mol. The van der Waals surface area contributed by atoms with Crippen molar-refractivity contribution >= 4 is 0 Å². The van der Waals surface area contributed by atoms with Crippen molar-refractivity contribution in [2.45, 2.75) is 25.1 Å². The number of aromatic nitrogens is 1. The summed E-state index contributed by atoms with van der Waals surface area (Å²) in [5.41, 5.74) is -0.101. The molecule has 102 valence electrons. The van der Waals surface area contributed by atoms with Crippen LogP contribution < -0.4 is 4.74 Å². The molecule has 1 aromatic rings. The Morgan fingerprint density at radius 3 is 2.17 bits per heavy atom. The van der Waals surface area contributed by atoms with Crippen LogP contribution in [0.2, 0.25) is 0 Å². The van der Waals surface area contributed by atoms with E-state index in [0.29, 0.717) is 0 Å². The van der Waals surface area contributed by atoms with E-state index < -0.39 is 30.8 Å². The van der Waals surface area contributed by atoms with Crippen LogP contribution in [0, 0.1) is 0 Å². The number of alkyl halides is 6. The fourth-order valence-corrected chi connectivity index (χ4v) is 1.07. The van der Waals surface area contributed by atoms with Crippen LogP contribution in [0.1, 0.15) is 5.69 Å². The van der Waals surface area contributed by atoms with Crippen LogP contribution in [0.25, 0.3) is 0 Å². The number of pyridine rings is 1. The number of hydrogen-bond donors (Lipinski definition) is 1. The molecular formula is C9H7F6NO2. The summed E-state index contributed by atoms with van der Waals surface area (Å²) in [6.07, 6.45) is -14.1. The molecule has 18 heavy (non-hydrogen) atoms. The molecule has 1 aromatic heterocycles. The average molecular weight is 275 g/mol. The molecule has 0 atom stereocenters. The Labute approximate surface area is 97.0 Å². The lowest BCUT2D eigenvalue weighted by molar-refractivity contribution is -0.299. The predicted octanol–water partition coefficient (Wildman–Crippen LogP) is 2.45. The van der Waals surface area contributed by atoms with Crippen LogP contribution in [0.4, 0.5) is 26.3 Å². The van der Waals surface area contributed by atoms with Gasteiger partial charge in [0.05, 0.1) is 12.3 Å². The minimum Gasteiger partial charge on any atom is -0.471 e. The van der Waals surface area contributed by atoms with Crippen molar-refractivity contribution in [1.29, 1.82) is 0 Å². The van der Waals surface area contributed by atoms with Crippen molar-refractivity contribution in [2.75, 3.05) is 0 Å². The molecule has 0 aliphatic heterocycles. The lowest BCUT2D eigenvalue weighted by atomic mass is 10.3. The predicted molar refractivity (Wildman–Crippen MR) is 46.7 cm³/mol. The Hall–Kier alpha value is -1.51. The largest absolute Gasteiger partial charge is 0.471 e. The molecule has 1 N–H and O–H groups in total. The number of aliphatic hydroxyl groups is 1. The third-order valence-corrected chi connectivity index (χ3v) is 1.80. The van der Waals surface area contributed by atoms with Crippen LogP contribution in [0.3, 0.4) is 0 Å². The summed E-state index contributed by atoms with van der Waals surface area (Å²) in [5.74, 6) is -0.673. The van der Waals surface area contributed by atoms with Gasteiger partial charge in [-0.2, -0.15) is 26.3 Å². The maximum atomic E-state index is 12.2. The van der Waals surface area contributed by atoms with E-state index in [9.17, 15) is 26.3 Å². The quantitative estimate of drug-likeness (QED) is 0.861. The van der Waals surface area contributed by atoms with E-state index in [2.05, 4.69) is 9.72 Å². The fraction of sp³-hybridized carbons (Fsp3) is 0.444. The van der Waals surface area contributed by atoms with Crippen molar-refractivity contribution in [3.05, 3.63) is 24.0 Å². The fourth-order valence-electron chi connectivity index (χ4n) is 1.07. The summed E-state index contributed by atoms with van der Waals surface area (Å²) >= 11 is 0. The third kappa shape index (κ3) is 3.76. The normalized spacial score (nSPS) is 12.9. The summed E-state index contributed by atoms with van der Waals surface area (Å²) in [6, 6.07) is 1.63. The Kier molecular flexibility index (Phi) is 4.05. The maximum absolute atomic E-state index is 12.2. The minimum atomic E-state index is -5.58. The minimum absolute atomic E-state index is 0.101. The van der Waals surface area contributed by atoms with Crippen LogP contribution in [0.15, 0.2) is 18.3 Å². The van der Waals surface area contributed by atoms with Gasteiger partial charge in [0.1, 0.15) is 5.75 Å². The highest BCUT2D eigenvalue weighted by atomic mass is 19.4. The van der Waals surface area contributed by atoms with Crippen LogP contribution in [-0.4, -0.2) is 28.5 Å². The molecule has 1 rings (SSSR count). The molecule has 9 heteroatoms. The van der Waals surface area contributed by atoms with E-state index in [0.717, 1.165) is 18.3 Å². The van der Waals surface area contributed by atoms with Crippen molar-refractivity contribution in [2.24, 2.45) is 0 Å². The van der Waals surface area contributed by atoms with Gasteiger partial charge >= 0.3 is 12.4 Å². The van der Waals surface area contributed by atoms with Gasteiger partial charge < -0.3 is 9.84 Å². The van der Waals surface area contributed by atoms with Crippen LogP contribution >= 0.6 is 0 Å². The Bertz CT molecular complexity index is 389. The molecule has 0 spiro atoms. The second-order valence-corrected chi connectivity index (χ2v) is 3.22. The maximum Gasteiger partial charge on any atom is 0.434 e. The number of hydrogen-bond acceptors (Lipinski definition) is 3. The van der Waals surface area contributed by atoms with Crippen molar-refractivity contribution < 1.29 is 36.2 Å². The van der Waals surface area contributed by atoms with Gasteiger partial charge in [-0.25, -0.2) is 0 Å². The molecule has 3 nitrogen and oxygen atoms in total. The van der Waals surface area contributed by atoms with Gasteiger partial charge in [-0.1, -0.05) is 0 Å². The molecular weight excluding hydrogens is 268 g/mol. The van der Waals surface area contributed by atoms with Gasteiger partial charge in [0, 0.05) is 12.3 Å². The summed E-state index contributed by atoms with van der Waals surface area (Å²) < 4.78 is 76.9. The van der Waals surface area contributed by atoms with E-state index in [4.69, 9.17) is 5.11 Å². The van der Waals surface area contributed by atoms with E-state index >= 15 is 0 Å². The molecule has 0 radical (unpaired) electrons.